The number of hydrogen-bond donors (Lipinski definition) is 1. The quantitative estimate of drug-likeness (QED) is 0.425. The lowest BCUT2D eigenvalue weighted by Gasteiger charge is -2.29. The number of carbonyl (C=O) groups excluding carboxylic acids is 1. The van der Waals surface area contributed by atoms with Gasteiger partial charge in [-0.2, -0.15) is 13.2 Å². The Kier molecular flexibility index (Phi) is 6.90. The molecule has 1 N–H and O–H groups in total. The van der Waals surface area contributed by atoms with Crippen LogP contribution in [-0.2, 0) is 27.8 Å². The minimum atomic E-state index is -5.00. The summed E-state index contributed by atoms with van der Waals surface area (Å²) in [5.74, 6) is -1.53. The lowest BCUT2D eigenvalue weighted by atomic mass is 10.00. The van der Waals surface area contributed by atoms with E-state index in [0.717, 1.165) is 0 Å². The standard InChI is InChI=1S/C23H17Cl2F3N2O4S/c24-16-6-8-20(18(25)12-16)34-21-4-2-1-3-19(21)29-35(32,33)17-7-5-14-9-10-30(13-15(14)11-17)22(31)23(26,27)28/h1-8,11-12,29H,9-10,13H2. The maximum atomic E-state index is 13.1. The lowest BCUT2D eigenvalue weighted by Crippen LogP contribution is -2.43. The fourth-order valence-electron chi connectivity index (χ4n) is 3.57. The molecule has 1 aliphatic heterocycles. The van der Waals surface area contributed by atoms with Crippen molar-refractivity contribution in [1.29, 1.82) is 0 Å². The zero-order chi connectivity index (χ0) is 25.4. The fraction of sp³-hybridized carbons (Fsp3) is 0.174. The molecule has 3 aromatic rings. The van der Waals surface area contributed by atoms with Gasteiger partial charge in [0.05, 0.1) is 15.6 Å². The Hall–Kier alpha value is -2.95. The van der Waals surface area contributed by atoms with Crippen LogP contribution in [0, 0.1) is 0 Å². The smallest absolute Gasteiger partial charge is 0.454 e. The minimum Gasteiger partial charge on any atom is -0.454 e. The molecule has 6 nitrogen and oxygen atoms in total. The second kappa shape index (κ2) is 9.60. The van der Waals surface area contributed by atoms with Gasteiger partial charge in [-0.1, -0.05) is 41.4 Å². The number of carbonyl (C=O) groups is 1. The van der Waals surface area contributed by atoms with Crippen LogP contribution >= 0.6 is 23.2 Å². The molecule has 35 heavy (non-hydrogen) atoms. The maximum absolute atomic E-state index is 13.1. The van der Waals surface area contributed by atoms with Crippen LogP contribution in [-0.4, -0.2) is 31.9 Å². The first-order valence-electron chi connectivity index (χ1n) is 10.2. The third kappa shape index (κ3) is 5.66. The number of nitrogens with one attached hydrogen (secondary N) is 1. The Labute approximate surface area is 209 Å². The first-order chi connectivity index (χ1) is 16.4. The molecular formula is C23H17Cl2F3N2O4S. The highest BCUT2D eigenvalue weighted by Gasteiger charge is 2.43. The van der Waals surface area contributed by atoms with Crippen molar-refractivity contribution < 1.29 is 31.1 Å². The van der Waals surface area contributed by atoms with Crippen molar-refractivity contribution in [3.8, 4) is 11.5 Å². The molecule has 0 aliphatic carbocycles. The number of rotatable bonds is 5. The molecule has 1 amide bonds. The van der Waals surface area contributed by atoms with Gasteiger partial charge in [0, 0.05) is 18.1 Å². The molecule has 0 aromatic heterocycles. The molecule has 0 atom stereocenters. The number of fused-ring (bicyclic) bond motifs is 1. The predicted octanol–water partition coefficient (Wildman–Crippen LogP) is 6.03. The van der Waals surface area contributed by atoms with Crippen molar-refractivity contribution in [2.75, 3.05) is 11.3 Å². The van der Waals surface area contributed by atoms with Gasteiger partial charge in [0.25, 0.3) is 10.0 Å². The number of hydrogen-bond acceptors (Lipinski definition) is 4. The van der Waals surface area contributed by atoms with Gasteiger partial charge in [0.1, 0.15) is 5.75 Å². The monoisotopic (exact) mass is 544 g/mol. The van der Waals surface area contributed by atoms with Crippen molar-refractivity contribution in [2.45, 2.75) is 24.0 Å². The summed E-state index contributed by atoms with van der Waals surface area (Å²) in [5.41, 5.74) is 1.12. The van der Waals surface area contributed by atoms with Crippen molar-refractivity contribution in [3.63, 3.8) is 0 Å². The van der Waals surface area contributed by atoms with Gasteiger partial charge < -0.3 is 9.64 Å². The Morgan fingerprint density at radius 3 is 2.43 bits per heavy atom. The van der Waals surface area contributed by atoms with Crippen LogP contribution in [0.5, 0.6) is 11.5 Å². The highest BCUT2D eigenvalue weighted by atomic mass is 35.5. The van der Waals surface area contributed by atoms with Crippen LogP contribution < -0.4 is 9.46 Å². The van der Waals surface area contributed by atoms with E-state index in [1.54, 1.807) is 18.2 Å². The number of amides is 1. The first kappa shape index (κ1) is 25.2. The van der Waals surface area contributed by atoms with Gasteiger partial charge in [-0.25, -0.2) is 8.42 Å². The number of nitrogens with zero attached hydrogens (tertiary/aromatic N) is 1. The second-order valence-electron chi connectivity index (χ2n) is 7.68. The Morgan fingerprint density at radius 2 is 1.71 bits per heavy atom. The van der Waals surface area contributed by atoms with E-state index in [-0.39, 0.29) is 46.6 Å². The molecule has 12 heteroatoms. The molecule has 184 valence electrons. The predicted molar refractivity (Wildman–Crippen MR) is 125 cm³/mol. The van der Waals surface area contributed by atoms with E-state index in [1.165, 1.54) is 42.5 Å². The molecule has 3 aromatic carbocycles. The van der Waals surface area contributed by atoms with E-state index >= 15 is 0 Å². The van der Waals surface area contributed by atoms with E-state index < -0.39 is 22.1 Å². The molecule has 4 rings (SSSR count). The van der Waals surface area contributed by atoms with Crippen molar-refractivity contribution >= 4 is 44.8 Å². The molecule has 0 unspecified atom stereocenters. The summed E-state index contributed by atoms with van der Waals surface area (Å²) in [6.07, 6.45) is -4.82. The van der Waals surface area contributed by atoms with E-state index in [4.69, 9.17) is 27.9 Å². The summed E-state index contributed by atoms with van der Waals surface area (Å²) in [4.78, 5) is 12.1. The SMILES string of the molecule is O=C(N1CCc2ccc(S(=O)(=O)Nc3ccccc3Oc3ccc(Cl)cc3Cl)cc2C1)C(F)(F)F. The number of sulfonamides is 1. The molecule has 1 heterocycles. The minimum absolute atomic E-state index is 0.104. The number of alkyl halides is 3. The van der Waals surface area contributed by atoms with Crippen LogP contribution in [0.4, 0.5) is 18.9 Å². The average Bonchev–Trinajstić information content (AvgIpc) is 2.80. The first-order valence-corrected chi connectivity index (χ1v) is 12.4. The third-order valence-corrected chi connectivity index (χ3v) is 7.17. The van der Waals surface area contributed by atoms with E-state index in [1.807, 2.05) is 0 Å². The lowest BCUT2D eigenvalue weighted by molar-refractivity contribution is -0.186. The molecule has 0 radical (unpaired) electrons. The molecule has 0 bridgehead atoms. The summed E-state index contributed by atoms with van der Waals surface area (Å²) in [6.45, 7) is -0.445. The maximum Gasteiger partial charge on any atom is 0.471 e. The zero-order valence-corrected chi connectivity index (χ0v) is 20.1. The van der Waals surface area contributed by atoms with Crippen LogP contribution in [0.25, 0.3) is 0 Å². The van der Waals surface area contributed by atoms with E-state index in [0.29, 0.717) is 21.0 Å². The van der Waals surface area contributed by atoms with Gasteiger partial charge in [-0.05, 0) is 60.0 Å². The van der Waals surface area contributed by atoms with Gasteiger partial charge in [0.15, 0.2) is 5.75 Å². The highest BCUT2D eigenvalue weighted by Crippen LogP contribution is 2.36. The Bertz CT molecular complexity index is 1400. The number of benzene rings is 3. The Morgan fingerprint density at radius 1 is 0.971 bits per heavy atom. The topological polar surface area (TPSA) is 75.7 Å². The summed E-state index contributed by atoms with van der Waals surface area (Å²) < 4.78 is 72.9. The number of para-hydroxylation sites is 2. The molecular weight excluding hydrogens is 528 g/mol. The third-order valence-electron chi connectivity index (χ3n) is 5.28. The van der Waals surface area contributed by atoms with Gasteiger partial charge in [-0.3, -0.25) is 9.52 Å². The number of halogens is 5. The molecule has 1 aliphatic rings. The zero-order valence-electron chi connectivity index (χ0n) is 17.8. The fourth-order valence-corrected chi connectivity index (χ4v) is 5.14. The molecule has 0 saturated carbocycles. The van der Waals surface area contributed by atoms with Gasteiger partial charge >= 0.3 is 12.1 Å². The average molecular weight is 545 g/mol. The van der Waals surface area contributed by atoms with Gasteiger partial charge in [0.2, 0.25) is 0 Å². The Balaban J connectivity index is 1.59. The van der Waals surface area contributed by atoms with Crippen LogP contribution in [0.2, 0.25) is 10.0 Å². The van der Waals surface area contributed by atoms with E-state index in [9.17, 15) is 26.4 Å². The molecule has 0 fully saturated rings. The van der Waals surface area contributed by atoms with Crippen LogP contribution in [0.15, 0.2) is 65.6 Å². The summed E-state index contributed by atoms with van der Waals surface area (Å²) >= 11 is 12.0. The van der Waals surface area contributed by atoms with Crippen molar-refractivity contribution in [2.24, 2.45) is 0 Å². The normalized spacial score (nSPS) is 13.8. The largest absolute Gasteiger partial charge is 0.471 e. The summed E-state index contributed by atoms with van der Waals surface area (Å²) in [5, 5.41) is 0.627. The van der Waals surface area contributed by atoms with Crippen LogP contribution in [0.3, 0.4) is 0 Å². The summed E-state index contributed by atoms with van der Waals surface area (Å²) in [7, 11) is -4.15. The number of anilines is 1. The number of ether oxygens (including phenoxy) is 1. The molecule has 0 spiro atoms. The van der Waals surface area contributed by atoms with Gasteiger partial charge in [-0.15, -0.1) is 0 Å². The summed E-state index contributed by atoms with van der Waals surface area (Å²) in [6, 6.07) is 15.0. The van der Waals surface area contributed by atoms with Crippen LogP contribution in [0.1, 0.15) is 11.1 Å². The van der Waals surface area contributed by atoms with Crippen molar-refractivity contribution in [1.82, 2.24) is 4.90 Å². The second-order valence-corrected chi connectivity index (χ2v) is 10.2. The molecule has 0 saturated heterocycles. The highest BCUT2D eigenvalue weighted by molar-refractivity contribution is 7.92. The van der Waals surface area contributed by atoms with E-state index in [2.05, 4.69) is 4.72 Å². The van der Waals surface area contributed by atoms with Crippen molar-refractivity contribution in [3.05, 3.63) is 81.8 Å².